The van der Waals surface area contributed by atoms with Crippen LogP contribution in [-0.2, 0) is 22.7 Å². The summed E-state index contributed by atoms with van der Waals surface area (Å²) in [5, 5.41) is 7.34. The van der Waals surface area contributed by atoms with Crippen LogP contribution in [0.25, 0.3) is 33.6 Å². The first-order valence-electron chi connectivity index (χ1n) is 19.1. The lowest BCUT2D eigenvalue weighted by Gasteiger charge is -2.30. The largest absolute Gasteiger partial charge is 0.375 e. The number of imidazole rings is 2. The number of benzene rings is 4. The van der Waals surface area contributed by atoms with Gasteiger partial charge < -0.3 is 30.1 Å². The second-order valence-electron chi connectivity index (χ2n) is 16.1. The van der Waals surface area contributed by atoms with E-state index < -0.39 is 0 Å². The lowest BCUT2D eigenvalue weighted by atomic mass is 9.86. The molecule has 4 aromatic carbocycles. The summed E-state index contributed by atoms with van der Waals surface area (Å²) in [5.74, 6) is 1.86. The molecule has 2 unspecified atom stereocenters. The van der Waals surface area contributed by atoms with Crippen molar-refractivity contribution in [1.82, 2.24) is 30.6 Å². The Kier molecular flexibility index (Phi) is 12.9. The van der Waals surface area contributed by atoms with Crippen molar-refractivity contribution in [3.05, 3.63) is 144 Å². The van der Waals surface area contributed by atoms with Gasteiger partial charge in [0.15, 0.2) is 0 Å². The van der Waals surface area contributed by atoms with Gasteiger partial charge in [-0.25, -0.2) is 9.97 Å². The Balaban J connectivity index is 1.03. The van der Waals surface area contributed by atoms with Crippen LogP contribution >= 0.6 is 0 Å². The quantitative estimate of drug-likeness (QED) is 0.0699. The van der Waals surface area contributed by atoms with Crippen LogP contribution in [0.3, 0.4) is 0 Å². The minimum Gasteiger partial charge on any atom is -0.375 e. The smallest absolute Gasteiger partial charge is 0.124 e. The normalized spacial score (nSPS) is 13.2. The topological polar surface area (TPSA) is 99.9 Å². The van der Waals surface area contributed by atoms with Crippen LogP contribution in [0.2, 0.25) is 0 Å². The number of nitrogens with zero attached hydrogens (tertiary/aromatic N) is 2. The highest BCUT2D eigenvalue weighted by Gasteiger charge is 2.29. The van der Waals surface area contributed by atoms with Gasteiger partial charge in [0.1, 0.15) is 11.6 Å². The molecule has 2 heterocycles. The molecule has 0 bridgehead atoms. The number of aromatic amines is 2. The van der Waals surface area contributed by atoms with Crippen molar-refractivity contribution in [2.24, 2.45) is 10.8 Å². The molecule has 0 amide bonds. The van der Waals surface area contributed by atoms with Crippen molar-refractivity contribution in [2.45, 2.75) is 66.8 Å². The van der Waals surface area contributed by atoms with Crippen LogP contribution in [0.1, 0.15) is 76.4 Å². The first-order chi connectivity index (χ1) is 26.0. The molecule has 2 aromatic heterocycles. The molecule has 4 N–H and O–H groups in total. The number of ether oxygens (including phenoxy) is 2. The minimum absolute atomic E-state index is 0.0360. The van der Waals surface area contributed by atoms with Gasteiger partial charge in [-0.2, -0.15) is 0 Å². The van der Waals surface area contributed by atoms with Crippen molar-refractivity contribution >= 4 is 0 Å². The van der Waals surface area contributed by atoms with Gasteiger partial charge in [-0.05, 0) is 44.2 Å². The maximum atomic E-state index is 5.92. The summed E-state index contributed by atoms with van der Waals surface area (Å²) in [6.07, 6.45) is 3.87. The molecule has 8 nitrogen and oxygen atoms in total. The van der Waals surface area contributed by atoms with Gasteiger partial charge in [-0.3, -0.25) is 0 Å². The maximum absolute atomic E-state index is 5.92. The van der Waals surface area contributed by atoms with E-state index in [9.17, 15) is 0 Å². The summed E-state index contributed by atoms with van der Waals surface area (Å²) < 4.78 is 11.8. The fourth-order valence-electron chi connectivity index (χ4n) is 6.65. The molecule has 2 atom stereocenters. The Labute approximate surface area is 321 Å². The number of hydrogen-bond acceptors (Lipinski definition) is 6. The fourth-order valence-corrected chi connectivity index (χ4v) is 6.65. The summed E-state index contributed by atoms with van der Waals surface area (Å²) in [5.41, 5.74) is 8.81. The highest BCUT2D eigenvalue weighted by atomic mass is 16.5. The van der Waals surface area contributed by atoms with E-state index in [1.54, 1.807) is 0 Å². The van der Waals surface area contributed by atoms with E-state index in [1.807, 2.05) is 48.8 Å². The first kappa shape index (κ1) is 38.9. The Morgan fingerprint density at radius 3 is 1.20 bits per heavy atom. The van der Waals surface area contributed by atoms with Crippen molar-refractivity contribution in [2.75, 3.05) is 26.3 Å². The van der Waals surface area contributed by atoms with E-state index in [4.69, 9.17) is 19.4 Å². The van der Waals surface area contributed by atoms with Gasteiger partial charge in [-0.1, -0.05) is 151 Å². The Morgan fingerprint density at radius 1 is 0.500 bits per heavy atom. The molecule has 0 radical (unpaired) electrons. The molecule has 0 saturated carbocycles. The fraction of sp³-hybridized carbons (Fsp3) is 0.348. The van der Waals surface area contributed by atoms with Crippen LogP contribution in [-0.4, -0.2) is 46.2 Å². The number of H-pyrrole nitrogens is 2. The molecular weight excluding hydrogens is 669 g/mol. The summed E-state index contributed by atoms with van der Waals surface area (Å²) in [4.78, 5) is 16.8. The van der Waals surface area contributed by atoms with Crippen molar-refractivity contribution in [1.29, 1.82) is 0 Å². The van der Waals surface area contributed by atoms with Crippen molar-refractivity contribution in [3.63, 3.8) is 0 Å². The van der Waals surface area contributed by atoms with E-state index in [1.165, 1.54) is 11.1 Å². The van der Waals surface area contributed by atoms with Crippen molar-refractivity contribution in [3.8, 4) is 33.6 Å². The molecule has 0 saturated heterocycles. The number of aromatic nitrogens is 4. The minimum atomic E-state index is -0.0360. The van der Waals surface area contributed by atoms with Gasteiger partial charge in [0, 0.05) is 13.1 Å². The van der Waals surface area contributed by atoms with Gasteiger partial charge in [0.25, 0.3) is 0 Å². The zero-order valence-electron chi connectivity index (χ0n) is 32.7. The van der Waals surface area contributed by atoms with E-state index in [2.05, 4.69) is 135 Å². The van der Waals surface area contributed by atoms with E-state index in [0.29, 0.717) is 26.4 Å². The second-order valence-corrected chi connectivity index (χ2v) is 16.1. The molecule has 282 valence electrons. The SMILES string of the molecule is CC(C)(C)C(NCCOCc1ccccc1)c1ncc(-c2ccc(-c3ccc(-c4cnc(C(NCCOCc5ccccc5)C(C)(C)C)[nH]4)cc3)cc2)[nH]1. The molecule has 6 aromatic rings. The second kappa shape index (κ2) is 18.0. The third kappa shape index (κ3) is 10.6. The molecular formula is C46H56N6O2. The van der Waals surface area contributed by atoms with Gasteiger partial charge in [0.2, 0.25) is 0 Å². The predicted octanol–water partition coefficient (Wildman–Crippen LogP) is 9.92. The highest BCUT2D eigenvalue weighted by Crippen LogP contribution is 2.34. The molecule has 0 aliphatic carbocycles. The average molecular weight is 725 g/mol. The third-order valence-electron chi connectivity index (χ3n) is 9.61. The standard InChI is InChI=1S/C46H56N6O2/c1-45(2,3)41(47-25-27-53-31-33-13-9-7-10-14-33)43-49-29-39(51-43)37-21-17-35(18-22-37)36-19-23-38(24-20-36)40-30-50-44(52-40)42(46(4,5)6)48-26-28-54-32-34-15-11-8-12-16-34/h7-24,29-30,41-42,47-48H,25-28,31-32H2,1-6H3,(H,49,51)(H,50,52). The number of nitrogens with one attached hydrogen (secondary N) is 4. The Bertz CT molecular complexity index is 1840. The lowest BCUT2D eigenvalue weighted by molar-refractivity contribution is 0.115. The number of hydrogen-bond donors (Lipinski definition) is 4. The van der Waals surface area contributed by atoms with Gasteiger partial charge in [0.05, 0.1) is 62.3 Å². The summed E-state index contributed by atoms with van der Waals surface area (Å²) in [6.45, 7) is 17.3. The summed E-state index contributed by atoms with van der Waals surface area (Å²) >= 11 is 0. The van der Waals surface area contributed by atoms with Crippen molar-refractivity contribution < 1.29 is 9.47 Å². The van der Waals surface area contributed by atoms with Crippen LogP contribution in [0, 0.1) is 10.8 Å². The number of rotatable bonds is 17. The zero-order valence-corrected chi connectivity index (χ0v) is 32.7. The first-order valence-corrected chi connectivity index (χ1v) is 19.1. The van der Waals surface area contributed by atoms with Gasteiger partial charge in [-0.15, -0.1) is 0 Å². The molecule has 0 aliphatic rings. The summed E-state index contributed by atoms with van der Waals surface area (Å²) in [6, 6.07) is 38.0. The summed E-state index contributed by atoms with van der Waals surface area (Å²) in [7, 11) is 0. The third-order valence-corrected chi connectivity index (χ3v) is 9.61. The van der Waals surface area contributed by atoms with Crippen LogP contribution < -0.4 is 10.6 Å². The van der Waals surface area contributed by atoms with E-state index in [0.717, 1.165) is 58.4 Å². The molecule has 54 heavy (non-hydrogen) atoms. The molecule has 0 fully saturated rings. The maximum Gasteiger partial charge on any atom is 0.124 e. The lowest BCUT2D eigenvalue weighted by Crippen LogP contribution is -2.35. The van der Waals surface area contributed by atoms with Crippen LogP contribution in [0.4, 0.5) is 0 Å². The molecule has 0 spiro atoms. The average Bonchev–Trinajstić information content (AvgIpc) is 3.85. The van der Waals surface area contributed by atoms with Crippen LogP contribution in [0.15, 0.2) is 122 Å². The Morgan fingerprint density at radius 2 is 0.852 bits per heavy atom. The predicted molar refractivity (Wildman–Crippen MR) is 220 cm³/mol. The molecule has 0 aliphatic heterocycles. The monoisotopic (exact) mass is 724 g/mol. The van der Waals surface area contributed by atoms with E-state index >= 15 is 0 Å². The molecule has 8 heteroatoms. The van der Waals surface area contributed by atoms with Gasteiger partial charge >= 0.3 is 0 Å². The van der Waals surface area contributed by atoms with Crippen LogP contribution in [0.5, 0.6) is 0 Å². The zero-order chi connectivity index (χ0) is 38.0. The molecule has 6 rings (SSSR count). The Hall–Kier alpha value is -4.86. The highest BCUT2D eigenvalue weighted by molar-refractivity contribution is 5.71. The van der Waals surface area contributed by atoms with E-state index in [-0.39, 0.29) is 22.9 Å².